The molecule has 8 nitrogen and oxygen atoms in total. The molecule has 3 amide bonds. The van der Waals surface area contributed by atoms with Crippen molar-refractivity contribution in [2.75, 3.05) is 11.9 Å². The minimum Gasteiger partial charge on any atom is -0.456 e. The Morgan fingerprint density at radius 1 is 0.833 bits per heavy atom. The average Bonchev–Trinajstić information content (AvgIpc) is 2.72. The Hall–Kier alpha value is -3.10. The Balaban J connectivity index is 1.60. The molecule has 0 fully saturated rings. The number of hydrogen-bond acceptors (Lipinski definition) is 5. The van der Waals surface area contributed by atoms with Gasteiger partial charge in [0.15, 0.2) is 6.61 Å². The van der Waals surface area contributed by atoms with E-state index < -0.39 is 30.3 Å². The lowest BCUT2D eigenvalue weighted by molar-refractivity contribution is -0.147. The van der Waals surface area contributed by atoms with Crippen LogP contribution in [0.1, 0.15) is 29.6 Å². The molecule has 0 bridgehead atoms. The highest BCUT2D eigenvalue weighted by molar-refractivity contribution is 6.33. The quantitative estimate of drug-likeness (QED) is 0.421. The van der Waals surface area contributed by atoms with Gasteiger partial charge in [0.25, 0.3) is 11.8 Å². The SMILES string of the molecule is O=C(CCCC(=O)OCC(=O)Nc1ccc(Cl)cc1)NNC(=O)c1ccccc1Cl. The summed E-state index contributed by atoms with van der Waals surface area (Å²) in [5.41, 5.74) is 5.23. The normalized spacial score (nSPS) is 10.1. The zero-order chi connectivity index (χ0) is 21.9. The number of amides is 3. The van der Waals surface area contributed by atoms with Gasteiger partial charge in [0.1, 0.15) is 0 Å². The zero-order valence-corrected chi connectivity index (χ0v) is 17.3. The van der Waals surface area contributed by atoms with Crippen LogP contribution in [0.3, 0.4) is 0 Å². The summed E-state index contributed by atoms with van der Waals surface area (Å²) in [5.74, 6) is -2.15. The van der Waals surface area contributed by atoms with Gasteiger partial charge in [0, 0.05) is 23.6 Å². The monoisotopic (exact) mass is 451 g/mol. The van der Waals surface area contributed by atoms with Crippen molar-refractivity contribution in [1.29, 1.82) is 0 Å². The molecule has 0 spiro atoms. The molecule has 158 valence electrons. The van der Waals surface area contributed by atoms with Crippen LogP contribution in [0.25, 0.3) is 0 Å². The van der Waals surface area contributed by atoms with E-state index in [4.69, 9.17) is 27.9 Å². The van der Waals surface area contributed by atoms with Crippen LogP contribution in [-0.2, 0) is 19.1 Å². The van der Waals surface area contributed by atoms with Gasteiger partial charge in [-0.2, -0.15) is 0 Å². The maximum absolute atomic E-state index is 11.9. The Bertz CT molecular complexity index is 919. The molecule has 0 aliphatic rings. The van der Waals surface area contributed by atoms with E-state index in [1.165, 1.54) is 6.07 Å². The minimum absolute atomic E-state index is 0.0190. The van der Waals surface area contributed by atoms with Crippen molar-refractivity contribution in [3.63, 3.8) is 0 Å². The van der Waals surface area contributed by atoms with Gasteiger partial charge < -0.3 is 10.1 Å². The number of nitrogens with one attached hydrogen (secondary N) is 3. The van der Waals surface area contributed by atoms with Crippen molar-refractivity contribution in [3.8, 4) is 0 Å². The topological polar surface area (TPSA) is 114 Å². The Morgan fingerprint density at radius 2 is 1.53 bits per heavy atom. The predicted octanol–water partition coefficient (Wildman–Crippen LogP) is 3.11. The maximum atomic E-state index is 11.9. The second-order valence-electron chi connectivity index (χ2n) is 6.05. The molecule has 10 heteroatoms. The summed E-state index contributed by atoms with van der Waals surface area (Å²) in [6.07, 6.45) is 0.112. The lowest BCUT2D eigenvalue weighted by atomic mass is 10.2. The molecular weight excluding hydrogens is 433 g/mol. The number of esters is 1. The number of hydrogen-bond donors (Lipinski definition) is 3. The van der Waals surface area contributed by atoms with Gasteiger partial charge in [0.2, 0.25) is 5.91 Å². The fraction of sp³-hybridized carbons (Fsp3) is 0.200. The molecule has 0 radical (unpaired) electrons. The second kappa shape index (κ2) is 11.8. The highest BCUT2D eigenvalue weighted by Gasteiger charge is 2.12. The van der Waals surface area contributed by atoms with Gasteiger partial charge in [-0.15, -0.1) is 0 Å². The van der Waals surface area contributed by atoms with Crippen molar-refractivity contribution in [2.45, 2.75) is 19.3 Å². The number of carbonyl (C=O) groups is 4. The molecule has 2 rings (SSSR count). The molecule has 0 atom stereocenters. The molecule has 0 heterocycles. The largest absolute Gasteiger partial charge is 0.456 e. The van der Waals surface area contributed by atoms with Crippen LogP contribution in [0.4, 0.5) is 5.69 Å². The summed E-state index contributed by atoms with van der Waals surface area (Å²) < 4.78 is 4.86. The van der Waals surface area contributed by atoms with E-state index in [1.807, 2.05) is 0 Å². The summed E-state index contributed by atoms with van der Waals surface area (Å²) in [6.45, 7) is -0.443. The predicted molar refractivity (Wildman–Crippen MR) is 112 cm³/mol. The zero-order valence-electron chi connectivity index (χ0n) is 15.7. The summed E-state index contributed by atoms with van der Waals surface area (Å²) in [5, 5.41) is 3.35. The lowest BCUT2D eigenvalue weighted by Gasteiger charge is -2.08. The minimum atomic E-state index is -0.617. The highest BCUT2D eigenvalue weighted by atomic mass is 35.5. The van der Waals surface area contributed by atoms with E-state index >= 15 is 0 Å². The number of ether oxygens (including phenoxy) is 1. The van der Waals surface area contributed by atoms with Gasteiger partial charge in [-0.05, 0) is 42.8 Å². The fourth-order valence-electron chi connectivity index (χ4n) is 2.24. The molecule has 0 saturated carbocycles. The first-order chi connectivity index (χ1) is 14.3. The fourth-order valence-corrected chi connectivity index (χ4v) is 2.59. The average molecular weight is 452 g/mol. The van der Waals surface area contributed by atoms with Gasteiger partial charge >= 0.3 is 5.97 Å². The van der Waals surface area contributed by atoms with Gasteiger partial charge in [-0.25, -0.2) is 0 Å². The summed E-state index contributed by atoms with van der Waals surface area (Å²) in [6, 6.07) is 12.9. The molecular formula is C20H19Cl2N3O5. The van der Waals surface area contributed by atoms with Gasteiger partial charge in [-0.3, -0.25) is 30.0 Å². The third-order valence-corrected chi connectivity index (χ3v) is 4.29. The molecule has 0 aromatic heterocycles. The molecule has 30 heavy (non-hydrogen) atoms. The first-order valence-electron chi connectivity index (χ1n) is 8.90. The third-order valence-electron chi connectivity index (χ3n) is 3.71. The van der Waals surface area contributed by atoms with Crippen LogP contribution in [0.5, 0.6) is 0 Å². The summed E-state index contributed by atoms with van der Waals surface area (Å²) in [4.78, 5) is 47.1. The molecule has 2 aromatic carbocycles. The molecule has 2 aromatic rings. The van der Waals surface area contributed by atoms with Crippen molar-refractivity contribution < 1.29 is 23.9 Å². The first-order valence-corrected chi connectivity index (χ1v) is 9.65. The van der Waals surface area contributed by atoms with Crippen LogP contribution in [0.15, 0.2) is 48.5 Å². The van der Waals surface area contributed by atoms with E-state index in [1.54, 1.807) is 42.5 Å². The summed E-state index contributed by atoms with van der Waals surface area (Å²) >= 11 is 11.7. The lowest BCUT2D eigenvalue weighted by Crippen LogP contribution is -2.41. The van der Waals surface area contributed by atoms with Crippen molar-refractivity contribution in [2.24, 2.45) is 0 Å². The van der Waals surface area contributed by atoms with E-state index in [0.29, 0.717) is 10.7 Å². The number of hydrazine groups is 1. The van der Waals surface area contributed by atoms with Gasteiger partial charge in [-0.1, -0.05) is 35.3 Å². The van der Waals surface area contributed by atoms with E-state index in [9.17, 15) is 19.2 Å². The van der Waals surface area contributed by atoms with Crippen LogP contribution in [0.2, 0.25) is 10.0 Å². The van der Waals surface area contributed by atoms with E-state index in [0.717, 1.165) is 0 Å². The number of carbonyl (C=O) groups excluding carboxylic acids is 4. The summed E-state index contributed by atoms with van der Waals surface area (Å²) in [7, 11) is 0. The second-order valence-corrected chi connectivity index (χ2v) is 6.90. The maximum Gasteiger partial charge on any atom is 0.306 e. The molecule has 0 unspecified atom stereocenters. The molecule has 3 N–H and O–H groups in total. The Labute approximate surface area is 182 Å². The number of benzene rings is 2. The van der Waals surface area contributed by atoms with E-state index in [-0.39, 0.29) is 29.8 Å². The van der Waals surface area contributed by atoms with Crippen molar-refractivity contribution in [1.82, 2.24) is 10.9 Å². The van der Waals surface area contributed by atoms with Crippen molar-refractivity contribution >= 4 is 52.6 Å². The number of anilines is 1. The Morgan fingerprint density at radius 3 is 2.23 bits per heavy atom. The molecule has 0 saturated heterocycles. The van der Waals surface area contributed by atoms with Crippen LogP contribution >= 0.6 is 23.2 Å². The van der Waals surface area contributed by atoms with Crippen LogP contribution in [0, 0.1) is 0 Å². The Kier molecular flexibility index (Phi) is 9.11. The smallest absolute Gasteiger partial charge is 0.306 e. The van der Waals surface area contributed by atoms with Crippen LogP contribution < -0.4 is 16.2 Å². The van der Waals surface area contributed by atoms with E-state index in [2.05, 4.69) is 16.2 Å². The van der Waals surface area contributed by atoms with Gasteiger partial charge in [0.05, 0.1) is 10.6 Å². The molecule has 0 aliphatic heterocycles. The highest BCUT2D eigenvalue weighted by Crippen LogP contribution is 2.14. The molecule has 0 aliphatic carbocycles. The third kappa shape index (κ3) is 8.10. The van der Waals surface area contributed by atoms with Crippen molar-refractivity contribution in [3.05, 3.63) is 64.1 Å². The number of halogens is 2. The van der Waals surface area contributed by atoms with Crippen LogP contribution in [-0.4, -0.2) is 30.3 Å². The first kappa shape index (κ1) is 23.2. The standard InChI is InChI=1S/C20H19Cl2N3O5/c21-13-8-10-14(11-9-13)23-18(27)12-30-19(28)7-3-6-17(26)24-25-20(29)15-4-1-2-5-16(15)22/h1-2,4-5,8-11H,3,6-7,12H2,(H,23,27)(H,24,26)(H,25,29). The number of rotatable bonds is 8.